The zero-order chi connectivity index (χ0) is 35.3. The molecule has 0 N–H and O–H groups in total. The second-order valence-corrected chi connectivity index (χ2v) is 16.5. The van der Waals surface area contributed by atoms with Gasteiger partial charge >= 0.3 is 0 Å². The van der Waals surface area contributed by atoms with Crippen molar-refractivity contribution in [1.82, 2.24) is 0 Å². The Hall–Kier alpha value is -6.32. The summed E-state index contributed by atoms with van der Waals surface area (Å²) in [6, 6.07) is 67.9. The average molecular weight is 719 g/mol. The molecule has 0 aliphatic rings. The van der Waals surface area contributed by atoms with Crippen LogP contribution in [0, 0.1) is 0 Å². The van der Waals surface area contributed by atoms with Crippen molar-refractivity contribution in [3.8, 4) is 33.4 Å². The number of hydrogen-bond donors (Lipinski definition) is 0. The van der Waals surface area contributed by atoms with E-state index in [1.54, 1.807) is 0 Å². The molecule has 0 amide bonds. The Balaban J connectivity index is 0.994. The summed E-state index contributed by atoms with van der Waals surface area (Å²) in [5, 5.41) is 15.7. The standard InChI is InChI=1S/C52H30S2/c1-2-12-36-32(10-1)11-9-18-38(36)51-41-16-5-3-14-39(41)50(40-15-4-6-17-42(40)51)33-22-20-31(21-23-33)34-24-26-43-48(28-34)54-47-27-25-35-29-49-45(30-44(35)52(43)47)37-13-7-8-19-46(37)53-49/h1-30H. The van der Waals surface area contributed by atoms with Gasteiger partial charge in [-0.1, -0.05) is 152 Å². The van der Waals surface area contributed by atoms with E-state index in [1.165, 1.54) is 117 Å². The van der Waals surface area contributed by atoms with Gasteiger partial charge in [-0.05, 0) is 107 Å². The molecule has 0 radical (unpaired) electrons. The molecule has 54 heavy (non-hydrogen) atoms. The topological polar surface area (TPSA) is 0 Å². The van der Waals surface area contributed by atoms with Gasteiger partial charge in [-0.3, -0.25) is 0 Å². The quantitative estimate of drug-likeness (QED) is 0.160. The van der Waals surface area contributed by atoms with E-state index in [1.807, 2.05) is 22.7 Å². The predicted molar refractivity (Wildman–Crippen MR) is 239 cm³/mol. The molecule has 0 nitrogen and oxygen atoms in total. The monoisotopic (exact) mass is 718 g/mol. The molecular formula is C52H30S2. The van der Waals surface area contributed by atoms with Crippen LogP contribution < -0.4 is 0 Å². The lowest BCUT2D eigenvalue weighted by Crippen LogP contribution is -1.91. The Labute approximate surface area is 319 Å². The number of thiophene rings is 2. The van der Waals surface area contributed by atoms with E-state index in [0.717, 1.165) is 0 Å². The molecule has 0 aliphatic carbocycles. The molecule has 0 saturated heterocycles. The minimum Gasteiger partial charge on any atom is -0.135 e. The number of fused-ring (bicyclic) bond motifs is 11. The van der Waals surface area contributed by atoms with Crippen molar-refractivity contribution >= 4 is 106 Å². The van der Waals surface area contributed by atoms with E-state index in [-0.39, 0.29) is 0 Å². The van der Waals surface area contributed by atoms with Gasteiger partial charge in [-0.2, -0.15) is 0 Å². The SMILES string of the molecule is c1ccc2c(-c3c4ccccc4c(-c4ccc(-c5ccc6c(c5)sc5ccc7cc8sc9ccccc9c8cc7c56)cc4)c4ccccc34)cccc2c1. The van der Waals surface area contributed by atoms with E-state index in [0.29, 0.717) is 0 Å². The summed E-state index contributed by atoms with van der Waals surface area (Å²) < 4.78 is 5.38. The fourth-order valence-electron chi connectivity index (χ4n) is 9.00. The van der Waals surface area contributed by atoms with Crippen LogP contribution in [0.4, 0.5) is 0 Å². The van der Waals surface area contributed by atoms with Crippen LogP contribution in [0.3, 0.4) is 0 Å². The third kappa shape index (κ3) is 4.42. The van der Waals surface area contributed by atoms with Gasteiger partial charge in [-0.25, -0.2) is 0 Å². The third-order valence-corrected chi connectivity index (χ3v) is 13.7. The second-order valence-electron chi connectivity index (χ2n) is 14.4. The lowest BCUT2D eigenvalue weighted by molar-refractivity contribution is 1.64. The van der Waals surface area contributed by atoms with Crippen LogP contribution in [0.2, 0.25) is 0 Å². The molecule has 0 spiro atoms. The van der Waals surface area contributed by atoms with E-state index in [4.69, 9.17) is 0 Å². The maximum absolute atomic E-state index is 2.44. The van der Waals surface area contributed by atoms with Crippen LogP contribution >= 0.6 is 22.7 Å². The van der Waals surface area contributed by atoms with Crippen LogP contribution in [0.1, 0.15) is 0 Å². The highest BCUT2D eigenvalue weighted by Gasteiger charge is 2.18. The first-order chi connectivity index (χ1) is 26.8. The first-order valence-corrected chi connectivity index (χ1v) is 20.1. The Kier molecular flexibility index (Phi) is 6.48. The van der Waals surface area contributed by atoms with Gasteiger partial charge in [0, 0.05) is 40.3 Å². The molecule has 0 atom stereocenters. The van der Waals surface area contributed by atoms with Crippen LogP contribution in [0.25, 0.3) is 117 Å². The molecule has 2 aromatic heterocycles. The van der Waals surface area contributed by atoms with Crippen LogP contribution in [-0.4, -0.2) is 0 Å². The fraction of sp³-hybridized carbons (Fsp3) is 0. The van der Waals surface area contributed by atoms with Gasteiger partial charge < -0.3 is 0 Å². The summed E-state index contributed by atoms with van der Waals surface area (Å²) in [5.41, 5.74) is 7.58. The maximum atomic E-state index is 2.44. The largest absolute Gasteiger partial charge is 0.135 e. The molecule has 0 aliphatic heterocycles. The van der Waals surface area contributed by atoms with Gasteiger partial charge in [0.15, 0.2) is 0 Å². The second kappa shape index (κ2) is 11.6. The highest BCUT2D eigenvalue weighted by atomic mass is 32.1. The zero-order valence-electron chi connectivity index (χ0n) is 29.1. The Bertz CT molecular complexity index is 3430. The Morgan fingerprint density at radius 3 is 1.63 bits per heavy atom. The molecule has 12 aromatic rings. The van der Waals surface area contributed by atoms with Crippen molar-refractivity contribution in [3.05, 3.63) is 182 Å². The maximum Gasteiger partial charge on any atom is 0.0361 e. The third-order valence-electron chi connectivity index (χ3n) is 11.4. The molecule has 0 unspecified atom stereocenters. The predicted octanol–water partition coefficient (Wildman–Crippen LogP) is 16.0. The van der Waals surface area contributed by atoms with Gasteiger partial charge in [0.05, 0.1) is 0 Å². The fourth-order valence-corrected chi connectivity index (χ4v) is 11.3. The summed E-state index contributed by atoms with van der Waals surface area (Å²) in [6.07, 6.45) is 0. The normalized spacial score (nSPS) is 12.1. The molecular weight excluding hydrogens is 689 g/mol. The van der Waals surface area contributed by atoms with Crippen molar-refractivity contribution in [2.75, 3.05) is 0 Å². The number of hydrogen-bond acceptors (Lipinski definition) is 2. The molecule has 10 aromatic carbocycles. The first kappa shape index (κ1) is 30.2. The summed E-state index contributed by atoms with van der Waals surface area (Å²) in [5.74, 6) is 0. The van der Waals surface area contributed by atoms with Crippen LogP contribution in [0.15, 0.2) is 182 Å². The first-order valence-electron chi connectivity index (χ1n) is 18.5. The van der Waals surface area contributed by atoms with Crippen LogP contribution in [-0.2, 0) is 0 Å². The van der Waals surface area contributed by atoms with Gasteiger partial charge in [0.1, 0.15) is 0 Å². The van der Waals surface area contributed by atoms with Crippen LogP contribution in [0.5, 0.6) is 0 Å². The highest BCUT2D eigenvalue weighted by Crippen LogP contribution is 2.47. The number of benzene rings is 10. The Morgan fingerprint density at radius 1 is 0.259 bits per heavy atom. The van der Waals surface area contributed by atoms with Gasteiger partial charge in [0.2, 0.25) is 0 Å². The molecule has 0 bridgehead atoms. The smallest absolute Gasteiger partial charge is 0.0361 e. The van der Waals surface area contributed by atoms with Crippen molar-refractivity contribution in [1.29, 1.82) is 0 Å². The summed E-state index contributed by atoms with van der Waals surface area (Å²) in [4.78, 5) is 0. The lowest BCUT2D eigenvalue weighted by atomic mass is 9.84. The van der Waals surface area contributed by atoms with Crippen molar-refractivity contribution in [2.45, 2.75) is 0 Å². The Morgan fingerprint density at radius 2 is 0.852 bits per heavy atom. The summed E-state index contributed by atoms with van der Waals surface area (Å²) in [6.45, 7) is 0. The number of rotatable bonds is 3. The summed E-state index contributed by atoms with van der Waals surface area (Å²) in [7, 11) is 0. The van der Waals surface area contributed by atoms with Crippen molar-refractivity contribution in [3.63, 3.8) is 0 Å². The van der Waals surface area contributed by atoms with E-state index < -0.39 is 0 Å². The van der Waals surface area contributed by atoms with Gasteiger partial charge in [-0.15, -0.1) is 22.7 Å². The van der Waals surface area contributed by atoms with Crippen molar-refractivity contribution in [2.24, 2.45) is 0 Å². The molecule has 0 saturated carbocycles. The van der Waals surface area contributed by atoms with Crippen molar-refractivity contribution < 1.29 is 0 Å². The minimum atomic E-state index is 1.23. The summed E-state index contributed by atoms with van der Waals surface area (Å²) >= 11 is 3.79. The molecule has 12 rings (SSSR count). The molecule has 2 heterocycles. The van der Waals surface area contributed by atoms with E-state index in [2.05, 4.69) is 182 Å². The average Bonchev–Trinajstić information content (AvgIpc) is 3.79. The van der Waals surface area contributed by atoms with Gasteiger partial charge in [0.25, 0.3) is 0 Å². The minimum absolute atomic E-state index is 1.23. The molecule has 2 heteroatoms. The highest BCUT2D eigenvalue weighted by molar-refractivity contribution is 7.26. The molecule has 0 fully saturated rings. The van der Waals surface area contributed by atoms with E-state index >= 15 is 0 Å². The van der Waals surface area contributed by atoms with E-state index in [9.17, 15) is 0 Å². The zero-order valence-corrected chi connectivity index (χ0v) is 30.8. The molecule has 250 valence electrons. The lowest BCUT2D eigenvalue weighted by Gasteiger charge is -2.19.